The van der Waals surface area contributed by atoms with Crippen LogP contribution in [0.5, 0.6) is 0 Å². The van der Waals surface area contributed by atoms with Gasteiger partial charge in [-0.3, -0.25) is 14.6 Å². The predicted octanol–water partition coefficient (Wildman–Crippen LogP) is 0.602. The van der Waals surface area contributed by atoms with E-state index in [2.05, 4.69) is 15.6 Å². The monoisotopic (exact) mass is 377 g/mol. The Morgan fingerprint density at radius 3 is 2.67 bits per heavy atom. The minimum atomic E-state index is -0.889. The first-order valence-corrected chi connectivity index (χ1v) is 9.22. The van der Waals surface area contributed by atoms with Crippen molar-refractivity contribution in [3.8, 4) is 0 Å². The van der Waals surface area contributed by atoms with E-state index >= 15 is 0 Å². The second-order valence-corrected chi connectivity index (χ2v) is 6.78. The van der Waals surface area contributed by atoms with E-state index in [0.717, 1.165) is 5.69 Å². The maximum Gasteiger partial charge on any atom is 0.338 e. The lowest BCUT2D eigenvalue weighted by Crippen LogP contribution is -2.49. The van der Waals surface area contributed by atoms with E-state index in [0.29, 0.717) is 19.4 Å². The number of amides is 2. The number of hydrogen-bond acceptors (Lipinski definition) is 6. The topological polar surface area (TPSA) is 110 Å². The Morgan fingerprint density at radius 2 is 2.04 bits per heavy atom. The predicted molar refractivity (Wildman–Crippen MR) is 97.6 cm³/mol. The summed E-state index contributed by atoms with van der Waals surface area (Å²) in [6.45, 7) is 6.27. The van der Waals surface area contributed by atoms with E-state index in [4.69, 9.17) is 9.47 Å². The van der Waals surface area contributed by atoms with Gasteiger partial charge in [-0.05, 0) is 31.4 Å². The Labute approximate surface area is 159 Å². The number of carbonyl (C=O) groups is 3. The third-order valence-electron chi connectivity index (χ3n) is 4.02. The van der Waals surface area contributed by atoms with Crippen LogP contribution in [0.3, 0.4) is 0 Å². The number of esters is 1. The molecule has 8 heteroatoms. The Hall–Kier alpha value is -2.48. The second kappa shape index (κ2) is 10.0. The SMILES string of the molecule is CCOC(=O)[C@H]1OC1C(=O)NC(CC(C)C)C(=O)NCCc1ccccn1. The van der Waals surface area contributed by atoms with Crippen LogP contribution in [0.15, 0.2) is 24.4 Å². The molecule has 8 nitrogen and oxygen atoms in total. The van der Waals surface area contributed by atoms with Crippen molar-refractivity contribution in [2.75, 3.05) is 13.2 Å². The van der Waals surface area contributed by atoms with Crippen molar-refractivity contribution >= 4 is 17.8 Å². The first-order valence-electron chi connectivity index (χ1n) is 9.22. The van der Waals surface area contributed by atoms with Crippen LogP contribution in [0, 0.1) is 5.92 Å². The van der Waals surface area contributed by atoms with Crippen LogP contribution in [-0.2, 0) is 30.3 Å². The molecule has 1 aromatic heterocycles. The van der Waals surface area contributed by atoms with Gasteiger partial charge in [-0.15, -0.1) is 0 Å². The summed E-state index contributed by atoms with van der Waals surface area (Å²) in [6, 6.07) is 4.93. The first-order chi connectivity index (χ1) is 12.9. The highest BCUT2D eigenvalue weighted by atomic mass is 16.6. The molecule has 2 amide bonds. The fourth-order valence-electron chi connectivity index (χ4n) is 2.66. The Balaban J connectivity index is 1.83. The quantitative estimate of drug-likeness (QED) is 0.456. The first kappa shape index (κ1) is 20.8. The molecule has 0 bridgehead atoms. The van der Waals surface area contributed by atoms with E-state index < -0.39 is 30.1 Å². The molecule has 1 aliphatic heterocycles. The van der Waals surface area contributed by atoms with Crippen LogP contribution in [0.25, 0.3) is 0 Å². The number of carbonyl (C=O) groups excluding carboxylic acids is 3. The van der Waals surface area contributed by atoms with Gasteiger partial charge in [-0.25, -0.2) is 4.79 Å². The van der Waals surface area contributed by atoms with Gasteiger partial charge in [0.05, 0.1) is 6.61 Å². The molecule has 2 rings (SSSR count). The van der Waals surface area contributed by atoms with Gasteiger partial charge in [0.15, 0.2) is 12.2 Å². The number of epoxide rings is 1. The third-order valence-corrected chi connectivity index (χ3v) is 4.02. The summed E-state index contributed by atoms with van der Waals surface area (Å²) < 4.78 is 9.92. The fourth-order valence-corrected chi connectivity index (χ4v) is 2.66. The lowest BCUT2D eigenvalue weighted by molar-refractivity contribution is -0.144. The lowest BCUT2D eigenvalue weighted by atomic mass is 10.0. The molecule has 1 fully saturated rings. The highest BCUT2D eigenvalue weighted by Crippen LogP contribution is 2.24. The summed E-state index contributed by atoms with van der Waals surface area (Å²) in [4.78, 5) is 40.6. The summed E-state index contributed by atoms with van der Waals surface area (Å²) >= 11 is 0. The molecule has 1 saturated heterocycles. The molecule has 0 spiro atoms. The number of nitrogens with one attached hydrogen (secondary N) is 2. The van der Waals surface area contributed by atoms with Gasteiger partial charge in [0, 0.05) is 24.9 Å². The van der Waals surface area contributed by atoms with Crippen molar-refractivity contribution in [1.82, 2.24) is 15.6 Å². The van der Waals surface area contributed by atoms with Gasteiger partial charge in [0.25, 0.3) is 5.91 Å². The minimum absolute atomic E-state index is 0.206. The summed E-state index contributed by atoms with van der Waals surface area (Å²) in [5, 5.41) is 5.52. The average Bonchev–Trinajstić information content (AvgIpc) is 3.43. The Bertz CT molecular complexity index is 650. The molecular formula is C19H27N3O5. The zero-order valence-electron chi connectivity index (χ0n) is 15.9. The van der Waals surface area contributed by atoms with Crippen LogP contribution in [0.4, 0.5) is 0 Å². The number of pyridine rings is 1. The van der Waals surface area contributed by atoms with Crippen molar-refractivity contribution in [2.45, 2.75) is 51.9 Å². The standard InChI is InChI=1S/C19H27N3O5/c1-4-26-19(25)16-15(27-16)18(24)22-14(11-12(2)3)17(23)21-10-8-13-7-5-6-9-20-13/h5-7,9,12,14-16H,4,8,10-11H2,1-3H3,(H,21,23)(H,22,24)/t14?,15?,16-/m0/s1. The molecule has 2 unspecified atom stereocenters. The Morgan fingerprint density at radius 1 is 1.26 bits per heavy atom. The van der Waals surface area contributed by atoms with Crippen molar-refractivity contribution in [3.05, 3.63) is 30.1 Å². The molecule has 3 atom stereocenters. The molecule has 148 valence electrons. The summed E-state index contributed by atoms with van der Waals surface area (Å²) in [5.74, 6) is -1.09. The zero-order chi connectivity index (χ0) is 19.8. The molecule has 27 heavy (non-hydrogen) atoms. The summed E-state index contributed by atoms with van der Waals surface area (Å²) in [5.41, 5.74) is 0.880. The average molecular weight is 377 g/mol. The number of aromatic nitrogens is 1. The lowest BCUT2D eigenvalue weighted by Gasteiger charge is -2.19. The van der Waals surface area contributed by atoms with Crippen LogP contribution >= 0.6 is 0 Å². The molecular weight excluding hydrogens is 350 g/mol. The number of nitrogens with zero attached hydrogens (tertiary/aromatic N) is 1. The van der Waals surface area contributed by atoms with E-state index in [1.54, 1.807) is 13.1 Å². The highest BCUT2D eigenvalue weighted by Gasteiger charge is 2.52. The maximum atomic E-state index is 12.5. The van der Waals surface area contributed by atoms with Crippen LogP contribution in [-0.4, -0.2) is 54.2 Å². The molecule has 1 aromatic rings. The van der Waals surface area contributed by atoms with Crippen molar-refractivity contribution in [2.24, 2.45) is 5.92 Å². The van der Waals surface area contributed by atoms with Gasteiger partial charge in [-0.1, -0.05) is 19.9 Å². The van der Waals surface area contributed by atoms with E-state index in [9.17, 15) is 14.4 Å². The van der Waals surface area contributed by atoms with Gasteiger partial charge >= 0.3 is 5.97 Å². The van der Waals surface area contributed by atoms with Crippen LogP contribution in [0.1, 0.15) is 32.9 Å². The summed E-state index contributed by atoms with van der Waals surface area (Å²) in [7, 11) is 0. The molecule has 0 aliphatic carbocycles. The number of ether oxygens (including phenoxy) is 2. The molecule has 1 aliphatic rings. The Kier molecular flexibility index (Phi) is 7.72. The smallest absolute Gasteiger partial charge is 0.338 e. The summed E-state index contributed by atoms with van der Waals surface area (Å²) in [6.07, 6.45) is 1.02. The largest absolute Gasteiger partial charge is 0.464 e. The minimum Gasteiger partial charge on any atom is -0.464 e. The van der Waals surface area contributed by atoms with Gasteiger partial charge in [0.2, 0.25) is 5.91 Å². The molecule has 0 radical (unpaired) electrons. The van der Waals surface area contributed by atoms with Crippen molar-refractivity contribution < 1.29 is 23.9 Å². The van der Waals surface area contributed by atoms with Gasteiger partial charge in [-0.2, -0.15) is 0 Å². The molecule has 0 aromatic carbocycles. The van der Waals surface area contributed by atoms with E-state index in [1.165, 1.54) is 0 Å². The third kappa shape index (κ3) is 6.63. The van der Waals surface area contributed by atoms with E-state index in [-0.39, 0.29) is 18.4 Å². The van der Waals surface area contributed by atoms with Gasteiger partial charge < -0.3 is 20.1 Å². The highest BCUT2D eigenvalue weighted by molar-refractivity contribution is 5.95. The number of hydrogen-bond donors (Lipinski definition) is 2. The molecule has 2 heterocycles. The normalized spacial score (nSPS) is 19.3. The number of rotatable bonds is 10. The van der Waals surface area contributed by atoms with E-state index in [1.807, 2.05) is 32.0 Å². The van der Waals surface area contributed by atoms with Crippen molar-refractivity contribution in [1.29, 1.82) is 0 Å². The maximum absolute atomic E-state index is 12.5. The molecule has 0 saturated carbocycles. The molecule has 2 N–H and O–H groups in total. The second-order valence-electron chi connectivity index (χ2n) is 6.78. The van der Waals surface area contributed by atoms with Crippen molar-refractivity contribution in [3.63, 3.8) is 0 Å². The van der Waals surface area contributed by atoms with Gasteiger partial charge in [0.1, 0.15) is 6.04 Å². The zero-order valence-corrected chi connectivity index (χ0v) is 15.9. The fraction of sp³-hybridized carbons (Fsp3) is 0.579. The van der Waals surface area contributed by atoms with Crippen LogP contribution < -0.4 is 10.6 Å². The van der Waals surface area contributed by atoms with Crippen LogP contribution in [0.2, 0.25) is 0 Å².